The molecule has 0 fully saturated rings. The van der Waals surface area contributed by atoms with Gasteiger partial charge in [0.2, 0.25) is 8.32 Å². The van der Waals surface area contributed by atoms with E-state index in [0.717, 1.165) is 5.19 Å². The van der Waals surface area contributed by atoms with Crippen LogP contribution < -0.4 is 5.19 Å². The van der Waals surface area contributed by atoms with Crippen molar-refractivity contribution < 1.29 is 28.3 Å². The van der Waals surface area contributed by atoms with Crippen molar-refractivity contribution in [1.29, 1.82) is 0 Å². The highest BCUT2D eigenvalue weighted by Crippen LogP contribution is 2.18. The molecular weight excluding hydrogens is 332 g/mol. The van der Waals surface area contributed by atoms with Crippen molar-refractivity contribution in [3.8, 4) is 0 Å². The van der Waals surface area contributed by atoms with Gasteiger partial charge in [0.05, 0.1) is 13.2 Å². The van der Waals surface area contributed by atoms with E-state index in [9.17, 15) is 9.90 Å². The summed E-state index contributed by atoms with van der Waals surface area (Å²) in [5, 5.41) is 19.0. The maximum Gasteiger partial charge on any atom is 0.487 e. The van der Waals surface area contributed by atoms with Crippen LogP contribution in [0, 0.1) is 0 Å². The van der Waals surface area contributed by atoms with Crippen molar-refractivity contribution >= 4 is 22.3 Å². The molecule has 0 saturated heterocycles. The first-order valence-electron chi connectivity index (χ1n) is 7.73. The average molecular weight is 361 g/mol. The molecule has 0 aliphatic rings. The summed E-state index contributed by atoms with van der Waals surface area (Å²) < 4.78 is 16.6. The van der Waals surface area contributed by atoms with E-state index < -0.39 is 23.2 Å². The summed E-state index contributed by atoms with van der Waals surface area (Å²) in [6, 6.07) is 10.3. The monoisotopic (exact) mass is 360 g/mol. The number of aliphatic hydroxyl groups is 2. The van der Waals surface area contributed by atoms with Crippen LogP contribution in [-0.4, -0.2) is 65.2 Å². The van der Waals surface area contributed by atoms with Crippen LogP contribution in [0.1, 0.15) is 6.42 Å². The summed E-state index contributed by atoms with van der Waals surface area (Å²) >= 11 is 0. The predicted octanol–water partition coefficient (Wildman–Crippen LogP) is 0.453. The van der Waals surface area contributed by atoms with E-state index >= 15 is 0 Å². The van der Waals surface area contributed by atoms with Gasteiger partial charge in [-0.15, -0.1) is 0 Å². The minimum Gasteiger partial charge on any atom is -0.411 e. The summed E-state index contributed by atoms with van der Waals surface area (Å²) in [5.74, 6) is 0. The first-order valence-corrected chi connectivity index (χ1v) is 12.6. The molecule has 0 saturated carbocycles. The molecule has 2 atom stereocenters. The van der Waals surface area contributed by atoms with E-state index in [1.165, 1.54) is 7.11 Å². The molecule has 3 N–H and O–H groups in total. The fourth-order valence-corrected chi connectivity index (χ4v) is 8.35. The summed E-state index contributed by atoms with van der Waals surface area (Å²) in [6.07, 6.45) is -0.303. The summed E-state index contributed by atoms with van der Waals surface area (Å²) in [7, 11) is -4.04. The van der Waals surface area contributed by atoms with Crippen molar-refractivity contribution in [2.24, 2.45) is 0 Å². The van der Waals surface area contributed by atoms with Crippen molar-refractivity contribution in [1.82, 2.24) is 0 Å². The second-order valence-electron chi connectivity index (χ2n) is 5.91. The van der Waals surface area contributed by atoms with Crippen LogP contribution >= 0.6 is 0 Å². The molecule has 0 heterocycles. The Morgan fingerprint density at radius 1 is 1.17 bits per heavy atom. The highest BCUT2D eigenvalue weighted by molar-refractivity contribution is 6.89. The second-order valence-corrected chi connectivity index (χ2v) is 12.7. The molecule has 1 rings (SSSR count). The van der Waals surface area contributed by atoms with Gasteiger partial charge in [0, 0.05) is 19.8 Å². The van der Waals surface area contributed by atoms with Gasteiger partial charge in [-0.3, -0.25) is 0 Å². The highest BCUT2D eigenvalue weighted by Gasteiger charge is 2.42. The van der Waals surface area contributed by atoms with Crippen LogP contribution in [0.3, 0.4) is 0 Å². The van der Waals surface area contributed by atoms with Gasteiger partial charge >= 0.3 is 8.80 Å². The van der Waals surface area contributed by atoms with E-state index in [2.05, 4.69) is 0 Å². The lowest BCUT2D eigenvalue weighted by Crippen LogP contribution is -2.56. The Morgan fingerprint density at radius 3 is 2.39 bits per heavy atom. The lowest BCUT2D eigenvalue weighted by Gasteiger charge is -2.32. The highest BCUT2D eigenvalue weighted by atomic mass is 28.5. The average Bonchev–Trinajstić information content (AvgIpc) is 2.54. The number of ether oxygens (including phenoxy) is 1. The van der Waals surface area contributed by atoms with E-state index in [4.69, 9.17) is 18.4 Å². The third-order valence-electron chi connectivity index (χ3n) is 3.50. The summed E-state index contributed by atoms with van der Waals surface area (Å²) in [6.45, 7) is 4.19. The maximum atomic E-state index is 10.7. The number of hydrogen-bond acceptors (Lipinski definition) is 6. The van der Waals surface area contributed by atoms with Crippen LogP contribution in [0.25, 0.3) is 0 Å². The Balaban J connectivity index is 2.50. The molecular formula is C15H28O6Si2. The van der Waals surface area contributed by atoms with Gasteiger partial charge in [-0.05, 0) is 24.7 Å². The van der Waals surface area contributed by atoms with Gasteiger partial charge in [-0.1, -0.05) is 30.3 Å². The van der Waals surface area contributed by atoms with Gasteiger partial charge in [0.15, 0.2) is 0 Å². The van der Waals surface area contributed by atoms with Crippen molar-refractivity contribution in [3.05, 3.63) is 30.3 Å². The smallest absolute Gasteiger partial charge is 0.411 e. The third-order valence-corrected chi connectivity index (χ3v) is 10.2. The molecule has 0 spiro atoms. The summed E-state index contributed by atoms with van der Waals surface area (Å²) in [5.41, 5.74) is 0. The lowest BCUT2D eigenvalue weighted by atomic mass is 10.4. The van der Waals surface area contributed by atoms with E-state index in [-0.39, 0.29) is 13.2 Å². The summed E-state index contributed by atoms with van der Waals surface area (Å²) in [4.78, 5) is 10.7. The Bertz CT molecular complexity index is 445. The molecule has 6 nitrogen and oxygen atoms in total. The largest absolute Gasteiger partial charge is 0.487 e. The van der Waals surface area contributed by atoms with E-state index in [1.54, 1.807) is 0 Å². The maximum absolute atomic E-state index is 10.7. The standard InChI is InChI=1S/C15H28O6Si2/c1-19-23(18,11-7-10-20-13-14(17)12-16)21-22(2,3)15-8-5-4-6-9-15/h4-6,8-9,14,16-18H,7,10-13H2,1-3H3. The molecule has 23 heavy (non-hydrogen) atoms. The van der Waals surface area contributed by atoms with E-state index in [1.807, 2.05) is 43.4 Å². The van der Waals surface area contributed by atoms with Crippen molar-refractivity contribution in [2.45, 2.75) is 31.7 Å². The minimum atomic E-state index is -3.26. The quantitative estimate of drug-likeness (QED) is 0.392. The zero-order valence-corrected chi connectivity index (χ0v) is 16.1. The van der Waals surface area contributed by atoms with Crippen LogP contribution in [0.15, 0.2) is 30.3 Å². The van der Waals surface area contributed by atoms with Gasteiger partial charge in [-0.25, -0.2) is 0 Å². The third kappa shape index (κ3) is 7.23. The second kappa shape index (κ2) is 9.65. The first-order chi connectivity index (χ1) is 10.8. The van der Waals surface area contributed by atoms with E-state index in [0.29, 0.717) is 19.1 Å². The Kier molecular flexibility index (Phi) is 8.58. The molecule has 2 unspecified atom stereocenters. The molecule has 0 radical (unpaired) electrons. The number of rotatable bonds is 11. The fourth-order valence-electron chi connectivity index (χ4n) is 2.16. The Hall–Kier alpha value is -0.586. The zero-order valence-electron chi connectivity index (χ0n) is 14.1. The molecule has 8 heteroatoms. The van der Waals surface area contributed by atoms with Gasteiger partial charge in [-0.2, -0.15) is 0 Å². The van der Waals surface area contributed by atoms with Gasteiger partial charge in [0.25, 0.3) is 0 Å². The normalized spacial score (nSPS) is 16.1. The molecule has 0 aliphatic carbocycles. The molecule has 0 aliphatic heterocycles. The predicted molar refractivity (Wildman–Crippen MR) is 93.0 cm³/mol. The molecule has 132 valence electrons. The van der Waals surface area contributed by atoms with Crippen molar-refractivity contribution in [2.75, 3.05) is 26.9 Å². The minimum absolute atomic E-state index is 0.0780. The molecule has 1 aromatic carbocycles. The van der Waals surface area contributed by atoms with Crippen LogP contribution in [0.4, 0.5) is 0 Å². The molecule has 0 bridgehead atoms. The van der Waals surface area contributed by atoms with Gasteiger partial charge < -0.3 is 28.3 Å². The molecule has 1 aromatic rings. The zero-order chi connectivity index (χ0) is 17.3. The molecule has 0 aromatic heterocycles. The van der Waals surface area contributed by atoms with Crippen molar-refractivity contribution in [3.63, 3.8) is 0 Å². The van der Waals surface area contributed by atoms with Gasteiger partial charge in [0.1, 0.15) is 6.10 Å². The number of aliphatic hydroxyl groups excluding tert-OH is 2. The Labute approximate surface area is 140 Å². The number of hydrogen-bond donors (Lipinski definition) is 3. The first kappa shape index (κ1) is 20.5. The van der Waals surface area contributed by atoms with Crippen LogP contribution in [-0.2, 0) is 13.3 Å². The molecule has 0 amide bonds. The van der Waals surface area contributed by atoms with Crippen LogP contribution in [0.5, 0.6) is 0 Å². The topological polar surface area (TPSA) is 88.4 Å². The SMILES string of the molecule is CO[Si](O)(CCCOCC(O)CO)O[Si](C)(C)c1ccccc1. The lowest BCUT2D eigenvalue weighted by molar-refractivity contribution is 0.00582. The van der Waals surface area contributed by atoms with Crippen LogP contribution in [0.2, 0.25) is 19.1 Å². The fraction of sp³-hybridized carbons (Fsp3) is 0.600. The Morgan fingerprint density at radius 2 is 1.83 bits per heavy atom. The number of benzene rings is 1.